The Bertz CT molecular complexity index is 1790. The summed E-state index contributed by atoms with van der Waals surface area (Å²) in [4.78, 5) is 0. The smallest absolute Gasteiger partial charge is 0.581 e. The molecule has 0 aromatic rings. The highest BCUT2D eigenvalue weighted by atomic mass is 127. The maximum Gasteiger partial charge on any atom is 0.581 e. The molecule has 0 aliphatic heterocycles. The predicted molar refractivity (Wildman–Crippen MR) is 109 cm³/mol. The lowest BCUT2D eigenvalue weighted by molar-refractivity contribution is -1.22. The number of rotatable bonds is 17. The van der Waals surface area contributed by atoms with Crippen LogP contribution in [0.25, 0.3) is 0 Å². The van der Waals surface area contributed by atoms with Crippen LogP contribution in [0, 0.1) is 0 Å². The summed E-state index contributed by atoms with van der Waals surface area (Å²) in [6.07, 6.45) is -37.5. The molecule has 69 heavy (non-hydrogen) atoms. The topological polar surface area (TPSA) is 0 Å². The van der Waals surface area contributed by atoms with Gasteiger partial charge >= 0.3 is 126 Å². The average molecular weight is 1270 g/mol. The first kappa shape index (κ1) is 68.5. The van der Waals surface area contributed by atoms with Gasteiger partial charge in [0.2, 0.25) is 0 Å². The molecule has 0 amide bonds. The molecule has 1 nitrogen and oxygen atoms in total. The zero-order chi connectivity index (χ0) is 57.0. The molecule has 0 bridgehead atoms. The summed E-state index contributed by atoms with van der Waals surface area (Å²) in [7, 11) is 0. The molecule has 0 saturated heterocycles. The summed E-state index contributed by atoms with van der Waals surface area (Å²) >= 11 is 0. The normalized spacial score (nSPS) is 17.3. The minimum atomic E-state index is -10.9. The Labute approximate surface area is 357 Å². The van der Waals surface area contributed by atoms with E-state index >= 15 is 0 Å². The fourth-order valence-electron chi connectivity index (χ4n) is 4.25. The number of hydrogen-bond donors (Lipinski definition) is 0. The zero-order valence-corrected chi connectivity index (χ0v) is 30.9. The lowest BCUT2D eigenvalue weighted by Gasteiger charge is -2.48. The van der Waals surface area contributed by atoms with Gasteiger partial charge in [-0.2, -0.15) is 154 Å². The monoisotopic (exact) mass is 1270 g/mol. The van der Waals surface area contributed by atoms with Crippen molar-refractivity contribution in [2.24, 2.45) is 0 Å². The third kappa shape index (κ3) is 7.59. The van der Waals surface area contributed by atoms with E-state index in [0.717, 1.165) is 0 Å². The van der Waals surface area contributed by atoms with E-state index < -0.39 is 130 Å². The molecular weight excluding hydrogens is 1270 g/mol. The number of quaternary nitrogens is 1. The molecule has 0 heterocycles. The number of alkyl halides is 46. The van der Waals surface area contributed by atoms with Crippen LogP contribution in [-0.2, 0) is 0 Å². The summed E-state index contributed by atoms with van der Waals surface area (Å²) in [5, 5.41) is 0. The van der Waals surface area contributed by atoms with Crippen molar-refractivity contribution in [1.82, 2.24) is 0 Å². The van der Waals surface area contributed by atoms with Crippen molar-refractivity contribution >= 4 is 0 Å². The van der Waals surface area contributed by atoms with E-state index in [9.17, 15) is 202 Å². The average Bonchev–Trinajstić information content (AvgIpc) is 3.04. The van der Waals surface area contributed by atoms with Gasteiger partial charge in [-0.3, -0.25) is 0 Å². The summed E-state index contributed by atoms with van der Waals surface area (Å²) < 4.78 is 612. The first-order valence-corrected chi connectivity index (χ1v) is 13.8. The predicted octanol–water partition coefficient (Wildman–Crippen LogP) is 11.7. The van der Waals surface area contributed by atoms with Crippen molar-refractivity contribution in [2.45, 2.75) is 126 Å². The van der Waals surface area contributed by atoms with Crippen LogP contribution in [0.15, 0.2) is 0 Å². The van der Waals surface area contributed by atoms with Crippen molar-refractivity contribution in [1.29, 1.82) is 0 Å². The highest BCUT2D eigenvalue weighted by Crippen LogP contribution is 2.72. The molecule has 0 N–H and O–H groups in total. The van der Waals surface area contributed by atoms with E-state index in [0.29, 0.717) is 0 Å². The second-order valence-electron chi connectivity index (χ2n) is 12.3. The van der Waals surface area contributed by atoms with Crippen LogP contribution >= 0.6 is 0 Å². The molecule has 0 aliphatic carbocycles. The maximum absolute atomic E-state index is 14.0. The van der Waals surface area contributed by atoms with Gasteiger partial charge in [-0.05, 0) is 0 Å². The second kappa shape index (κ2) is 16.2. The van der Waals surface area contributed by atoms with Crippen molar-refractivity contribution in [3.05, 3.63) is 0 Å². The first-order chi connectivity index (χ1) is 28.2. The van der Waals surface area contributed by atoms with E-state index in [4.69, 9.17) is 0 Å². The van der Waals surface area contributed by atoms with Gasteiger partial charge in [-0.1, -0.05) is 0 Å². The lowest BCUT2D eigenvalue weighted by atomic mass is 9.82. The largest absolute Gasteiger partial charge is 1.00 e. The second-order valence-corrected chi connectivity index (χ2v) is 12.3. The van der Waals surface area contributed by atoms with Crippen LogP contribution < -0.4 is 24.0 Å². The fraction of sp³-hybridized carbons (Fsp3) is 1.00. The number of nitrogens with zero attached hydrogens (tertiary/aromatic N) is 1. The lowest BCUT2D eigenvalue weighted by Crippen LogP contribution is -3.00. The fourth-order valence-corrected chi connectivity index (χ4v) is 4.25. The van der Waals surface area contributed by atoms with Crippen LogP contribution in [0.3, 0.4) is 0 Å². The van der Waals surface area contributed by atoms with Gasteiger partial charge in [0.1, 0.15) is 0 Å². The molecule has 48 heteroatoms. The van der Waals surface area contributed by atoms with Gasteiger partial charge in [-0.25, -0.2) is 0 Å². The number of hydrogen-bond acceptors (Lipinski definition) is 0. The third-order valence-electron chi connectivity index (χ3n) is 8.21. The van der Waals surface area contributed by atoms with Crippen LogP contribution in [-0.4, -0.2) is 130 Å². The van der Waals surface area contributed by atoms with E-state index in [1.807, 2.05) is 0 Å². The van der Waals surface area contributed by atoms with Crippen molar-refractivity contribution in [3.8, 4) is 0 Å². The van der Waals surface area contributed by atoms with Crippen molar-refractivity contribution in [3.63, 3.8) is 0 Å². The molecule has 418 valence electrons. The Kier molecular flexibility index (Phi) is 16.1. The molecule has 0 rings (SSSR count). The van der Waals surface area contributed by atoms with Crippen LogP contribution in [0.2, 0.25) is 0 Å². The van der Waals surface area contributed by atoms with Gasteiger partial charge in [0, 0.05) is 4.48 Å². The Hall–Kier alpha value is -2.53. The molecule has 0 radical (unpaired) electrons. The molecule has 0 fully saturated rings. The molecule has 0 aromatic carbocycles. The highest BCUT2D eigenvalue weighted by Gasteiger charge is 3.06. The molecular formula is C21F46IN. The maximum atomic E-state index is 14.0. The van der Waals surface area contributed by atoms with E-state index in [-0.39, 0.29) is 24.0 Å². The highest BCUT2D eigenvalue weighted by molar-refractivity contribution is 5.23. The molecule has 0 atom stereocenters. The summed E-state index contributed by atoms with van der Waals surface area (Å²) in [6.45, 7) is 0. The third-order valence-corrected chi connectivity index (χ3v) is 8.21. The number of halogens is 47. The molecule has 0 unspecified atom stereocenters. The van der Waals surface area contributed by atoms with Crippen LogP contribution in [0.1, 0.15) is 0 Å². The zero-order valence-electron chi connectivity index (χ0n) is 28.7. The minimum Gasteiger partial charge on any atom is -1.00 e. The van der Waals surface area contributed by atoms with Crippen molar-refractivity contribution < 1.29 is 230 Å². The quantitative estimate of drug-likeness (QED) is 0.0589. The molecule has 0 aromatic heterocycles. The van der Waals surface area contributed by atoms with Crippen LogP contribution in [0.5, 0.6) is 0 Å². The molecule has 0 saturated carbocycles. The Balaban J connectivity index is 0. The molecule has 0 aliphatic rings. The summed E-state index contributed by atoms with van der Waals surface area (Å²) in [5.41, 5.74) is 0. The van der Waals surface area contributed by atoms with E-state index in [1.54, 1.807) is 0 Å². The Morgan fingerprint density at radius 3 is 0.348 bits per heavy atom. The summed E-state index contributed by atoms with van der Waals surface area (Å²) in [5.74, 6) is -168. The van der Waals surface area contributed by atoms with Gasteiger partial charge < -0.3 is 24.0 Å². The van der Waals surface area contributed by atoms with E-state index in [1.165, 1.54) is 0 Å². The van der Waals surface area contributed by atoms with Crippen molar-refractivity contribution in [2.75, 3.05) is 0 Å². The first-order valence-electron chi connectivity index (χ1n) is 13.8. The van der Waals surface area contributed by atoms with Gasteiger partial charge in [0.25, 0.3) is 0 Å². The molecule has 0 spiro atoms. The SMILES string of the molecule is FC(F)(F)C(F)(F)C(F)(F)C(F)(F)C(F)(F)C(F)(F)C(F)(F)C(F)(F)C(F)(F)C(F)(F)C(F)(F)C(F)(F)C(F)(F)C(F)(F)C(F)(F)C(F)(F)C(F)(F)C(F)(F)[N+](C(F)(F)F)(C(F)(F)F)C(F)(F)F.[I-]. The minimum absolute atomic E-state index is 0. The van der Waals surface area contributed by atoms with E-state index in [2.05, 4.69) is 0 Å². The Morgan fingerprint density at radius 2 is 0.246 bits per heavy atom. The standard InChI is InChI=1S/C21F46N.HI/c22-1(23,3(26,27)5(30,31)7(34,35)9(38,39)11(42,43)13(46,47)15(50,51)17(54,55)56)2(24,25)4(28,29)6(32,33)8(36,37)10(40,41)12(44,45)14(48,49)16(52,53)18(57,58)68(19(59,60)61,20(62,63)64)21(65,66)67;/h;1H/q+1;/p-1. The van der Waals surface area contributed by atoms with Crippen LogP contribution in [0.4, 0.5) is 202 Å². The summed E-state index contributed by atoms with van der Waals surface area (Å²) in [6, 6.07) is -10.6. The van der Waals surface area contributed by atoms with Gasteiger partial charge in [0.05, 0.1) is 0 Å². The Morgan fingerprint density at radius 1 is 0.145 bits per heavy atom. The van der Waals surface area contributed by atoms with Gasteiger partial charge in [-0.15, -0.1) is 48.3 Å². The van der Waals surface area contributed by atoms with Gasteiger partial charge in [0.15, 0.2) is 0 Å².